The van der Waals surface area contributed by atoms with E-state index in [0.717, 1.165) is 5.56 Å². The number of aromatic nitrogens is 1. The number of benzene rings is 1. The lowest BCUT2D eigenvalue weighted by Gasteiger charge is -2.13. The summed E-state index contributed by atoms with van der Waals surface area (Å²) in [5.41, 5.74) is 3.44. The van der Waals surface area contributed by atoms with Gasteiger partial charge in [-0.2, -0.15) is 0 Å². The summed E-state index contributed by atoms with van der Waals surface area (Å²) in [6.45, 7) is 1.77. The number of pyridine rings is 1. The summed E-state index contributed by atoms with van der Waals surface area (Å²) in [7, 11) is -3.91. The van der Waals surface area contributed by atoms with Crippen molar-refractivity contribution >= 4 is 44.6 Å². The Kier molecular flexibility index (Phi) is 4.58. The number of rotatable bonds is 4. The summed E-state index contributed by atoms with van der Waals surface area (Å²) in [5.74, 6) is 5.30. The normalized spacial score (nSPS) is 11.2. The minimum atomic E-state index is -3.91. The second-order valence-corrected chi connectivity index (χ2v) is 6.67. The van der Waals surface area contributed by atoms with E-state index in [9.17, 15) is 8.42 Å². The summed E-state index contributed by atoms with van der Waals surface area (Å²) in [5, 5.41) is 0.645. The van der Waals surface area contributed by atoms with E-state index >= 15 is 0 Å². The molecule has 0 aliphatic heterocycles. The number of anilines is 2. The van der Waals surface area contributed by atoms with Crippen molar-refractivity contribution in [2.75, 3.05) is 10.1 Å². The molecule has 4 N–H and O–H groups in total. The molecule has 0 saturated carbocycles. The molecule has 2 rings (SSSR count). The van der Waals surface area contributed by atoms with Crippen LogP contribution in [-0.2, 0) is 10.0 Å². The number of hydrogen-bond donors (Lipinski definition) is 3. The number of hydrogen-bond acceptors (Lipinski definition) is 5. The van der Waals surface area contributed by atoms with Gasteiger partial charge in [0.15, 0.2) is 0 Å². The van der Waals surface area contributed by atoms with E-state index in [1.807, 2.05) is 0 Å². The summed E-state index contributed by atoms with van der Waals surface area (Å²) < 4.78 is 27.1. The molecular formula is C12H12Cl2N4O2S. The second kappa shape index (κ2) is 6.07. The van der Waals surface area contributed by atoms with Crippen LogP contribution in [0.25, 0.3) is 0 Å². The first kappa shape index (κ1) is 15.8. The first-order chi connectivity index (χ1) is 9.85. The fourth-order valence-corrected chi connectivity index (χ4v) is 3.31. The Morgan fingerprint density at radius 3 is 2.57 bits per heavy atom. The van der Waals surface area contributed by atoms with Crippen LogP contribution in [-0.4, -0.2) is 13.4 Å². The Morgan fingerprint density at radius 2 is 1.90 bits per heavy atom. The Hall–Kier alpha value is -1.54. The van der Waals surface area contributed by atoms with E-state index in [1.54, 1.807) is 13.0 Å². The lowest BCUT2D eigenvalue weighted by molar-refractivity contribution is 0.601. The number of aryl methyl sites for hydroxylation is 1. The van der Waals surface area contributed by atoms with Crippen molar-refractivity contribution in [2.45, 2.75) is 11.8 Å². The highest BCUT2D eigenvalue weighted by atomic mass is 35.5. The first-order valence-corrected chi connectivity index (χ1v) is 7.98. The Labute approximate surface area is 132 Å². The number of sulfonamides is 1. The quantitative estimate of drug-likeness (QED) is 0.584. The van der Waals surface area contributed by atoms with E-state index in [2.05, 4.69) is 15.1 Å². The minimum absolute atomic E-state index is 0.0970. The predicted octanol–water partition coefficient (Wildman–Crippen LogP) is 2.78. The van der Waals surface area contributed by atoms with Crippen LogP contribution in [0.15, 0.2) is 35.5 Å². The molecule has 0 radical (unpaired) electrons. The standard InChI is InChI=1S/C12H12Cl2N4O2S/c1-7-4-9(14)11(5-8(7)13)18-21(19,20)12-6-16-3-2-10(12)17-15/h2-6,18H,15H2,1H3,(H,16,17). The molecule has 9 heteroatoms. The fraction of sp³-hybridized carbons (Fsp3) is 0.0833. The number of nitrogens with one attached hydrogen (secondary N) is 2. The topological polar surface area (TPSA) is 97.1 Å². The minimum Gasteiger partial charge on any atom is -0.323 e. The maximum Gasteiger partial charge on any atom is 0.265 e. The van der Waals surface area contributed by atoms with Gasteiger partial charge in [0, 0.05) is 17.4 Å². The predicted molar refractivity (Wildman–Crippen MR) is 84.1 cm³/mol. The number of nitrogens with zero attached hydrogens (tertiary/aromatic N) is 1. The first-order valence-electron chi connectivity index (χ1n) is 5.74. The summed E-state index contributed by atoms with van der Waals surface area (Å²) in [6.07, 6.45) is 2.60. The Balaban J connectivity index is 2.45. The molecule has 0 aliphatic carbocycles. The van der Waals surface area contributed by atoms with Gasteiger partial charge < -0.3 is 5.43 Å². The molecule has 1 aromatic heterocycles. The van der Waals surface area contributed by atoms with Crippen LogP contribution in [0.2, 0.25) is 10.0 Å². The zero-order valence-corrected chi connectivity index (χ0v) is 13.2. The molecule has 0 aliphatic rings. The van der Waals surface area contributed by atoms with Gasteiger partial charge in [-0.25, -0.2) is 8.42 Å². The van der Waals surface area contributed by atoms with Crippen molar-refractivity contribution in [3.05, 3.63) is 46.2 Å². The molecule has 0 fully saturated rings. The van der Waals surface area contributed by atoms with Gasteiger partial charge in [0.1, 0.15) is 4.90 Å². The van der Waals surface area contributed by atoms with Crippen molar-refractivity contribution in [3.8, 4) is 0 Å². The maximum absolute atomic E-state index is 12.4. The van der Waals surface area contributed by atoms with Gasteiger partial charge in [0.25, 0.3) is 10.0 Å². The van der Waals surface area contributed by atoms with Crippen LogP contribution in [0.4, 0.5) is 11.4 Å². The summed E-state index contributed by atoms with van der Waals surface area (Å²) in [6, 6.07) is 4.47. The largest absolute Gasteiger partial charge is 0.323 e. The highest BCUT2D eigenvalue weighted by Crippen LogP contribution is 2.31. The molecule has 0 saturated heterocycles. The zero-order chi connectivity index (χ0) is 15.6. The average molecular weight is 347 g/mol. The van der Waals surface area contributed by atoms with Crippen LogP contribution in [0.5, 0.6) is 0 Å². The van der Waals surface area contributed by atoms with Gasteiger partial charge in [-0.15, -0.1) is 0 Å². The van der Waals surface area contributed by atoms with Crippen molar-refractivity contribution in [1.82, 2.24) is 4.98 Å². The van der Waals surface area contributed by atoms with Crippen molar-refractivity contribution < 1.29 is 8.42 Å². The molecule has 0 atom stereocenters. The van der Waals surface area contributed by atoms with Crippen molar-refractivity contribution in [2.24, 2.45) is 5.84 Å². The number of nitrogen functional groups attached to an aromatic ring is 1. The molecule has 2 aromatic rings. The molecule has 6 nitrogen and oxygen atoms in total. The number of nitrogens with two attached hydrogens (primary N) is 1. The highest BCUT2D eigenvalue weighted by molar-refractivity contribution is 7.92. The van der Waals surface area contributed by atoms with Crippen LogP contribution in [0, 0.1) is 6.92 Å². The molecule has 112 valence electrons. The SMILES string of the molecule is Cc1cc(Cl)c(NS(=O)(=O)c2cnccc2NN)cc1Cl. The number of halogens is 2. The van der Waals surface area contributed by atoms with Gasteiger partial charge in [-0.05, 0) is 30.7 Å². The molecule has 0 bridgehead atoms. The molecule has 1 aromatic carbocycles. The molecule has 21 heavy (non-hydrogen) atoms. The molecule has 0 spiro atoms. The fourth-order valence-electron chi connectivity index (χ4n) is 1.64. The Morgan fingerprint density at radius 1 is 1.19 bits per heavy atom. The van der Waals surface area contributed by atoms with Crippen molar-refractivity contribution in [3.63, 3.8) is 0 Å². The van der Waals surface area contributed by atoms with E-state index in [-0.39, 0.29) is 21.3 Å². The van der Waals surface area contributed by atoms with Gasteiger partial charge in [-0.3, -0.25) is 15.5 Å². The lowest BCUT2D eigenvalue weighted by atomic mass is 10.2. The number of hydrazine groups is 1. The van der Waals surface area contributed by atoms with Crippen LogP contribution in [0.1, 0.15) is 5.56 Å². The van der Waals surface area contributed by atoms with Crippen LogP contribution >= 0.6 is 23.2 Å². The van der Waals surface area contributed by atoms with E-state index in [4.69, 9.17) is 29.0 Å². The summed E-state index contributed by atoms with van der Waals surface area (Å²) >= 11 is 12.0. The summed E-state index contributed by atoms with van der Waals surface area (Å²) in [4.78, 5) is 3.68. The highest BCUT2D eigenvalue weighted by Gasteiger charge is 2.20. The van der Waals surface area contributed by atoms with Gasteiger partial charge in [-0.1, -0.05) is 23.2 Å². The monoisotopic (exact) mass is 346 g/mol. The average Bonchev–Trinajstić information content (AvgIpc) is 2.44. The molecular weight excluding hydrogens is 335 g/mol. The molecule has 1 heterocycles. The van der Waals surface area contributed by atoms with E-state index in [0.29, 0.717) is 5.02 Å². The van der Waals surface area contributed by atoms with Crippen molar-refractivity contribution in [1.29, 1.82) is 0 Å². The van der Waals surface area contributed by atoms with Gasteiger partial charge in [0.05, 0.1) is 16.4 Å². The molecule has 0 amide bonds. The maximum atomic E-state index is 12.4. The van der Waals surface area contributed by atoms with Crippen LogP contribution < -0.4 is 16.0 Å². The Bertz CT molecular complexity index is 781. The smallest absolute Gasteiger partial charge is 0.265 e. The third-order valence-electron chi connectivity index (χ3n) is 2.72. The van der Waals surface area contributed by atoms with Crippen LogP contribution in [0.3, 0.4) is 0 Å². The third-order valence-corrected chi connectivity index (χ3v) is 4.84. The van der Waals surface area contributed by atoms with E-state index in [1.165, 1.54) is 24.5 Å². The lowest BCUT2D eigenvalue weighted by Crippen LogP contribution is -2.18. The van der Waals surface area contributed by atoms with E-state index < -0.39 is 10.0 Å². The second-order valence-electron chi connectivity index (χ2n) is 4.20. The third kappa shape index (κ3) is 3.38. The zero-order valence-electron chi connectivity index (χ0n) is 10.9. The van der Waals surface area contributed by atoms with Gasteiger partial charge in [0.2, 0.25) is 0 Å². The molecule has 0 unspecified atom stereocenters. The van der Waals surface area contributed by atoms with Gasteiger partial charge >= 0.3 is 0 Å².